The van der Waals surface area contributed by atoms with Crippen LogP contribution in [0, 0.1) is 0 Å². The van der Waals surface area contributed by atoms with Gasteiger partial charge in [-0.3, -0.25) is 4.72 Å². The van der Waals surface area contributed by atoms with E-state index in [4.69, 9.17) is 0 Å². The van der Waals surface area contributed by atoms with Gasteiger partial charge in [0.05, 0.1) is 21.5 Å². The van der Waals surface area contributed by atoms with Crippen molar-refractivity contribution in [3.05, 3.63) is 78.4 Å². The van der Waals surface area contributed by atoms with Crippen molar-refractivity contribution < 1.29 is 18.3 Å². The standard InChI is InChI=1S/C22H19BN4O4S/c1-23-15-9-11-17(12-10-15)32(30,31)27-21-20(25-18-7-2-3-8-19(18)26-21)24-16-6-4-5-14(13-16)22(28)29/h2-13,23H,1H3,(H,24,25)(H,26,27)(H,28,29). The van der Waals surface area contributed by atoms with E-state index in [1.54, 1.807) is 60.7 Å². The van der Waals surface area contributed by atoms with Crippen molar-refractivity contribution in [3.8, 4) is 0 Å². The van der Waals surface area contributed by atoms with Crippen molar-refractivity contribution in [2.75, 3.05) is 10.0 Å². The van der Waals surface area contributed by atoms with Crippen LogP contribution in [0.3, 0.4) is 0 Å². The highest BCUT2D eigenvalue weighted by Gasteiger charge is 2.19. The lowest BCUT2D eigenvalue weighted by Crippen LogP contribution is -2.17. The minimum Gasteiger partial charge on any atom is -0.478 e. The van der Waals surface area contributed by atoms with Gasteiger partial charge in [0.15, 0.2) is 18.9 Å². The van der Waals surface area contributed by atoms with Crippen LogP contribution in [-0.4, -0.2) is 36.7 Å². The fourth-order valence-corrected chi connectivity index (χ4v) is 4.12. The predicted octanol–water partition coefficient (Wildman–Crippen LogP) is 2.98. The van der Waals surface area contributed by atoms with Crippen LogP contribution in [0.5, 0.6) is 0 Å². The first-order valence-electron chi connectivity index (χ1n) is 9.84. The molecule has 8 nitrogen and oxygen atoms in total. The normalized spacial score (nSPS) is 11.2. The van der Waals surface area contributed by atoms with Gasteiger partial charge in [-0.2, -0.15) is 0 Å². The lowest BCUT2D eigenvalue weighted by molar-refractivity contribution is 0.0697. The molecule has 0 amide bonds. The summed E-state index contributed by atoms with van der Waals surface area (Å²) < 4.78 is 28.5. The monoisotopic (exact) mass is 446 g/mol. The predicted molar refractivity (Wildman–Crippen MR) is 126 cm³/mol. The van der Waals surface area contributed by atoms with Crippen molar-refractivity contribution in [2.45, 2.75) is 11.7 Å². The van der Waals surface area contributed by atoms with E-state index in [0.717, 1.165) is 12.7 Å². The van der Waals surface area contributed by atoms with Crippen LogP contribution in [0.2, 0.25) is 6.82 Å². The fraction of sp³-hybridized carbons (Fsp3) is 0.0455. The summed E-state index contributed by atoms with van der Waals surface area (Å²) >= 11 is 0. The average molecular weight is 446 g/mol. The molecule has 0 spiro atoms. The lowest BCUT2D eigenvalue weighted by atomic mass is 9.74. The van der Waals surface area contributed by atoms with Crippen molar-refractivity contribution in [2.24, 2.45) is 0 Å². The van der Waals surface area contributed by atoms with Gasteiger partial charge < -0.3 is 10.4 Å². The summed E-state index contributed by atoms with van der Waals surface area (Å²) in [7, 11) is -3.13. The number of nitrogens with one attached hydrogen (secondary N) is 2. The molecule has 3 N–H and O–H groups in total. The molecule has 4 rings (SSSR count). The molecular weight excluding hydrogens is 427 g/mol. The summed E-state index contributed by atoms with van der Waals surface area (Å²) in [6.45, 7) is 1.99. The first-order chi connectivity index (χ1) is 15.4. The van der Waals surface area contributed by atoms with Gasteiger partial charge in [0, 0.05) is 5.69 Å². The van der Waals surface area contributed by atoms with Crippen LogP contribution in [0.4, 0.5) is 17.3 Å². The summed E-state index contributed by atoms with van der Waals surface area (Å²) in [6.07, 6.45) is 0. The Bertz CT molecular complexity index is 1410. The fourth-order valence-electron chi connectivity index (χ4n) is 3.12. The topological polar surface area (TPSA) is 121 Å². The Morgan fingerprint density at radius 2 is 1.56 bits per heavy atom. The maximum Gasteiger partial charge on any atom is 0.335 e. The smallest absolute Gasteiger partial charge is 0.335 e. The zero-order chi connectivity index (χ0) is 22.7. The number of nitrogens with zero attached hydrogens (tertiary/aromatic N) is 2. The molecule has 0 saturated heterocycles. The Morgan fingerprint density at radius 3 is 2.19 bits per heavy atom. The number of hydrogen-bond acceptors (Lipinski definition) is 6. The first-order valence-corrected chi connectivity index (χ1v) is 11.3. The Kier molecular flexibility index (Phi) is 5.78. The highest BCUT2D eigenvalue weighted by molar-refractivity contribution is 7.92. The molecule has 0 atom stereocenters. The highest BCUT2D eigenvalue weighted by atomic mass is 32.2. The maximum atomic E-state index is 13.0. The van der Waals surface area contributed by atoms with Gasteiger partial charge in [0.2, 0.25) is 0 Å². The Morgan fingerprint density at radius 1 is 0.906 bits per heavy atom. The van der Waals surface area contributed by atoms with E-state index in [9.17, 15) is 18.3 Å². The SMILES string of the molecule is CBc1ccc(S(=O)(=O)Nc2nc3ccccc3nc2Nc2cccc(C(=O)O)c2)cc1. The largest absolute Gasteiger partial charge is 0.478 e. The Balaban J connectivity index is 1.75. The number of para-hydroxylation sites is 2. The van der Waals surface area contributed by atoms with E-state index in [2.05, 4.69) is 20.0 Å². The molecular formula is C22H19BN4O4S. The number of benzene rings is 3. The van der Waals surface area contributed by atoms with Crippen LogP contribution in [-0.2, 0) is 10.0 Å². The molecule has 160 valence electrons. The van der Waals surface area contributed by atoms with Gasteiger partial charge in [-0.05, 0) is 42.5 Å². The minimum absolute atomic E-state index is 0.00370. The summed E-state index contributed by atoms with van der Waals surface area (Å²) in [4.78, 5) is 20.3. The van der Waals surface area contributed by atoms with E-state index in [1.165, 1.54) is 12.1 Å². The number of carboxylic acid groups (broad SMARTS) is 1. The van der Waals surface area contributed by atoms with Gasteiger partial charge in [0.1, 0.15) is 0 Å². The van der Waals surface area contributed by atoms with Gasteiger partial charge in [-0.1, -0.05) is 42.6 Å². The number of fused-ring (bicyclic) bond motifs is 1. The molecule has 0 fully saturated rings. The van der Waals surface area contributed by atoms with Crippen LogP contribution in [0.25, 0.3) is 11.0 Å². The quantitative estimate of drug-likeness (QED) is 0.373. The molecule has 0 unspecified atom stereocenters. The molecule has 4 aromatic rings. The third-order valence-corrected chi connectivity index (χ3v) is 6.17. The van der Waals surface area contributed by atoms with E-state index >= 15 is 0 Å². The molecule has 0 bridgehead atoms. The molecule has 32 heavy (non-hydrogen) atoms. The molecule has 10 heteroatoms. The van der Waals surface area contributed by atoms with E-state index < -0.39 is 16.0 Å². The number of aromatic nitrogens is 2. The zero-order valence-corrected chi connectivity index (χ0v) is 17.9. The van der Waals surface area contributed by atoms with Crippen LogP contribution in [0.1, 0.15) is 10.4 Å². The van der Waals surface area contributed by atoms with Crippen molar-refractivity contribution in [1.82, 2.24) is 9.97 Å². The molecule has 0 aliphatic carbocycles. The summed E-state index contributed by atoms with van der Waals surface area (Å²) in [6, 6.07) is 19.8. The number of hydrogen-bond donors (Lipinski definition) is 3. The van der Waals surface area contributed by atoms with Crippen molar-refractivity contribution in [1.29, 1.82) is 0 Å². The summed E-state index contributed by atoms with van der Waals surface area (Å²) in [5, 5.41) is 12.2. The molecule has 0 radical (unpaired) electrons. The van der Waals surface area contributed by atoms with Crippen LogP contribution in [0.15, 0.2) is 77.7 Å². The van der Waals surface area contributed by atoms with Gasteiger partial charge in [-0.15, -0.1) is 0 Å². The Hall–Kier alpha value is -3.92. The van der Waals surface area contributed by atoms with Crippen LogP contribution >= 0.6 is 0 Å². The Labute approximate surface area is 185 Å². The lowest BCUT2D eigenvalue weighted by Gasteiger charge is -2.14. The minimum atomic E-state index is -3.93. The second-order valence-electron chi connectivity index (χ2n) is 7.02. The number of sulfonamides is 1. The first kappa shape index (κ1) is 21.3. The third kappa shape index (κ3) is 4.55. The van der Waals surface area contributed by atoms with Gasteiger partial charge >= 0.3 is 5.97 Å². The zero-order valence-electron chi connectivity index (χ0n) is 17.1. The number of anilines is 3. The number of aromatic carboxylic acids is 1. The molecule has 1 aromatic heterocycles. The second-order valence-corrected chi connectivity index (χ2v) is 8.71. The summed E-state index contributed by atoms with van der Waals surface area (Å²) in [5.74, 6) is -0.918. The van der Waals surface area contributed by atoms with Crippen molar-refractivity contribution >= 4 is 57.1 Å². The second kappa shape index (κ2) is 8.68. The van der Waals surface area contributed by atoms with E-state index in [1.807, 2.05) is 6.82 Å². The molecule has 3 aromatic carbocycles. The molecule has 0 saturated carbocycles. The number of rotatable bonds is 7. The van der Waals surface area contributed by atoms with Gasteiger partial charge in [0.25, 0.3) is 10.0 Å². The number of carbonyl (C=O) groups is 1. The van der Waals surface area contributed by atoms with Crippen molar-refractivity contribution in [3.63, 3.8) is 0 Å². The highest BCUT2D eigenvalue weighted by Crippen LogP contribution is 2.27. The van der Waals surface area contributed by atoms with E-state index in [-0.39, 0.29) is 22.1 Å². The molecule has 0 aliphatic heterocycles. The summed E-state index contributed by atoms with van der Waals surface area (Å²) in [5.41, 5.74) is 2.61. The van der Waals surface area contributed by atoms with E-state index in [0.29, 0.717) is 16.7 Å². The molecule has 0 aliphatic rings. The maximum absolute atomic E-state index is 13.0. The molecule has 1 heterocycles. The average Bonchev–Trinajstić information content (AvgIpc) is 2.79. The van der Waals surface area contributed by atoms with Gasteiger partial charge in [-0.25, -0.2) is 23.2 Å². The third-order valence-electron chi connectivity index (χ3n) is 4.82. The number of carboxylic acids is 1. The van der Waals surface area contributed by atoms with Crippen LogP contribution < -0.4 is 15.5 Å².